The number of hydrogen-bond acceptors (Lipinski definition) is 0. The van der Waals surface area contributed by atoms with E-state index in [9.17, 15) is 0 Å². The molecule has 0 aliphatic heterocycles. The van der Waals surface area contributed by atoms with Gasteiger partial charge < -0.3 is 42.3 Å². The minimum absolute atomic E-state index is 0. The van der Waals surface area contributed by atoms with Crippen LogP contribution in [-0.2, 0) is 17.4 Å². The summed E-state index contributed by atoms with van der Waals surface area (Å²) in [5.74, 6) is 0. The number of rotatable bonds is 0. The fraction of sp³-hybridized carbons (Fsp3) is 0. The van der Waals surface area contributed by atoms with Gasteiger partial charge in [0.15, 0.2) is 0 Å². The first-order valence-electron chi connectivity index (χ1n) is 0. The molecule has 0 aromatic carbocycles. The standard InChI is InChI=1S/Al.Ca.Cr.9FH.Li/h;;;9*1H;/q+3;+2;+3;;;;;;;;;;+1/p-9. The van der Waals surface area contributed by atoms with E-state index in [1.54, 1.807) is 0 Å². The Labute approximate surface area is 132 Å². The van der Waals surface area contributed by atoms with E-state index < -0.39 is 0 Å². The van der Waals surface area contributed by atoms with E-state index >= 15 is 0 Å². The smallest absolute Gasteiger partial charge is 1.00 e. The first kappa shape index (κ1) is 595. The molecule has 0 aromatic heterocycles. The molecule has 0 rings (SSSR count). The van der Waals surface area contributed by atoms with Crippen LogP contribution >= 0.6 is 0 Å². The van der Waals surface area contributed by atoms with Gasteiger partial charge in [0.05, 0.1) is 0 Å². The fourth-order valence-electron chi connectivity index (χ4n) is 0. The molecule has 0 aliphatic carbocycles. The van der Waals surface area contributed by atoms with Crippen LogP contribution < -0.4 is 61.2 Å². The van der Waals surface area contributed by atoms with Gasteiger partial charge in [-0.2, -0.15) is 0 Å². The minimum Gasteiger partial charge on any atom is -1.00 e. The topological polar surface area (TPSA) is 0 Å². The first-order chi connectivity index (χ1) is 0. The molecule has 0 spiro atoms. The van der Waals surface area contributed by atoms with Crippen LogP contribution in [0.3, 0.4) is 0 Å². The second-order valence-electron chi connectivity index (χ2n) is 0. The van der Waals surface area contributed by atoms with Gasteiger partial charge in [-0.25, -0.2) is 0 Å². The zero-order chi connectivity index (χ0) is 0. The monoisotopic (exact) mass is 297 g/mol. The second kappa shape index (κ2) is 481. The van der Waals surface area contributed by atoms with Gasteiger partial charge in [0.25, 0.3) is 0 Å². The summed E-state index contributed by atoms with van der Waals surface area (Å²) in [7, 11) is 0. The summed E-state index contributed by atoms with van der Waals surface area (Å²) in [6.07, 6.45) is 0. The summed E-state index contributed by atoms with van der Waals surface area (Å²) in [6.45, 7) is 0. The molecule has 0 aromatic rings. The Morgan fingerprint density at radius 3 is 0.385 bits per heavy atom. The summed E-state index contributed by atoms with van der Waals surface area (Å²) in [4.78, 5) is 0. The molecule has 1 radical (unpaired) electrons. The first-order valence-corrected chi connectivity index (χ1v) is 0. The van der Waals surface area contributed by atoms with Crippen molar-refractivity contribution in [2.45, 2.75) is 0 Å². The van der Waals surface area contributed by atoms with Crippen LogP contribution in [0.15, 0.2) is 0 Å². The zero-order valence-electron chi connectivity index (χ0n) is 6.09. The van der Waals surface area contributed by atoms with Gasteiger partial charge in [0, 0.05) is 0 Å². The molecule has 0 heterocycles. The van der Waals surface area contributed by atoms with Gasteiger partial charge in [0.2, 0.25) is 0 Å². The maximum absolute atomic E-state index is 0. The predicted octanol–water partition coefficient (Wildman–Crippen LogP) is -30.7. The van der Waals surface area contributed by atoms with Crippen molar-refractivity contribution in [1.82, 2.24) is 0 Å². The summed E-state index contributed by atoms with van der Waals surface area (Å²) in [6, 6.07) is 0. The van der Waals surface area contributed by atoms with Gasteiger partial charge >= 0.3 is 91.3 Å². The van der Waals surface area contributed by atoms with Gasteiger partial charge in [-0.15, -0.1) is 0 Å². The molecule has 0 bridgehead atoms. The molecule has 0 atom stereocenters. The average molecular weight is 297 g/mol. The Morgan fingerprint density at radius 1 is 0.385 bits per heavy atom. The van der Waals surface area contributed by atoms with Crippen LogP contribution in [0.2, 0.25) is 0 Å². The Bertz CT molecular complexity index is 19.6. The Hall–Kier alpha value is 2.29. The zero-order valence-corrected chi connectivity index (χ0v) is 10.7. The van der Waals surface area contributed by atoms with Crippen LogP contribution in [-0.4, -0.2) is 55.1 Å². The molecule has 0 unspecified atom stereocenters. The van der Waals surface area contributed by atoms with Gasteiger partial charge in [-0.05, 0) is 0 Å². The van der Waals surface area contributed by atoms with E-state index in [0.29, 0.717) is 0 Å². The molecular weight excluding hydrogens is 297 g/mol. The maximum Gasteiger partial charge on any atom is 3.00 e. The third-order valence-corrected chi connectivity index (χ3v) is 0. The molecule has 0 N–H and O–H groups in total. The minimum atomic E-state index is 0. The van der Waals surface area contributed by atoms with Crippen LogP contribution in [0.5, 0.6) is 0 Å². The fourth-order valence-corrected chi connectivity index (χ4v) is 0. The largest absolute Gasteiger partial charge is 3.00 e. The average Bonchev–Trinajstić information content (AvgIpc) is 0. The van der Waals surface area contributed by atoms with E-state index in [1.807, 2.05) is 0 Å². The van der Waals surface area contributed by atoms with Crippen molar-refractivity contribution in [1.29, 1.82) is 0 Å². The van der Waals surface area contributed by atoms with Crippen molar-refractivity contribution in [3.8, 4) is 0 Å². The van der Waals surface area contributed by atoms with Crippen molar-refractivity contribution < 1.29 is 78.6 Å². The molecular formula is AlCaCrF9Li. The number of halogens is 9. The summed E-state index contributed by atoms with van der Waals surface area (Å²) in [5.41, 5.74) is 0. The van der Waals surface area contributed by atoms with Crippen molar-refractivity contribution >= 4 is 55.1 Å². The van der Waals surface area contributed by atoms with Crippen LogP contribution in [0.1, 0.15) is 0 Å². The molecule has 13 heavy (non-hydrogen) atoms. The molecule has 0 aliphatic rings. The van der Waals surface area contributed by atoms with Gasteiger partial charge in [-0.1, -0.05) is 0 Å². The molecule has 0 saturated heterocycles. The number of hydrogen-bond donors (Lipinski definition) is 0. The van der Waals surface area contributed by atoms with Crippen molar-refractivity contribution in [3.63, 3.8) is 0 Å². The Kier molecular flexibility index (Phi) is 22000. The quantitative estimate of drug-likeness (QED) is 0.308. The van der Waals surface area contributed by atoms with E-state index in [1.165, 1.54) is 0 Å². The van der Waals surface area contributed by atoms with E-state index in [4.69, 9.17) is 0 Å². The van der Waals surface area contributed by atoms with Crippen molar-refractivity contribution in [2.75, 3.05) is 0 Å². The Morgan fingerprint density at radius 2 is 0.385 bits per heavy atom. The normalized spacial score (nSPS) is 0. The summed E-state index contributed by atoms with van der Waals surface area (Å²) in [5, 5.41) is 0. The van der Waals surface area contributed by atoms with Crippen molar-refractivity contribution in [2.24, 2.45) is 0 Å². The van der Waals surface area contributed by atoms with Crippen LogP contribution in [0.4, 0.5) is 0 Å². The second-order valence-corrected chi connectivity index (χ2v) is 0. The summed E-state index contributed by atoms with van der Waals surface area (Å²) < 4.78 is 0. The summed E-state index contributed by atoms with van der Waals surface area (Å²) >= 11 is 0. The third-order valence-electron chi connectivity index (χ3n) is 0. The van der Waals surface area contributed by atoms with Gasteiger partial charge in [-0.3, -0.25) is 0 Å². The van der Waals surface area contributed by atoms with E-state index in [0.717, 1.165) is 0 Å². The SMILES string of the molecule is [Al+3].[Ca+2].[Cr+3].[F-].[F-].[F-].[F-].[F-].[F-].[F-].[F-].[F-].[Li+]. The predicted molar refractivity (Wildman–Crippen MR) is 11.5 cm³/mol. The van der Waals surface area contributed by atoms with E-state index in [2.05, 4.69) is 0 Å². The molecule has 75 valence electrons. The van der Waals surface area contributed by atoms with Gasteiger partial charge in [0.1, 0.15) is 0 Å². The maximum atomic E-state index is 0. The van der Waals surface area contributed by atoms with Crippen LogP contribution in [0.25, 0.3) is 0 Å². The van der Waals surface area contributed by atoms with Crippen LogP contribution in [0, 0.1) is 0 Å². The molecule has 13 heteroatoms. The third kappa shape index (κ3) is 411. The van der Waals surface area contributed by atoms with E-state index in [-0.39, 0.29) is 134 Å². The van der Waals surface area contributed by atoms with Crippen molar-refractivity contribution in [3.05, 3.63) is 0 Å². The Balaban J connectivity index is 0. The molecule has 0 saturated carbocycles. The molecule has 0 amide bonds. The molecule has 0 fully saturated rings. The molecule has 0 nitrogen and oxygen atoms in total.